The van der Waals surface area contributed by atoms with E-state index in [1.54, 1.807) is 0 Å². The molecule has 1 fully saturated rings. The lowest BCUT2D eigenvalue weighted by atomic mass is 9.85. The van der Waals surface area contributed by atoms with E-state index in [9.17, 15) is 5.11 Å². The maximum Gasteiger partial charge on any atom is 0.0795 e. The summed E-state index contributed by atoms with van der Waals surface area (Å²) in [6.07, 6.45) is 7.35. The van der Waals surface area contributed by atoms with Gasteiger partial charge in [0.1, 0.15) is 0 Å². The van der Waals surface area contributed by atoms with Crippen molar-refractivity contribution in [2.24, 2.45) is 5.92 Å². The molecule has 1 aromatic carbocycles. The number of aliphatic hydroxyl groups is 1. The fraction of sp³-hybridized carbons (Fsp3) is 0.684. The fourth-order valence-corrected chi connectivity index (χ4v) is 3.87. The minimum absolute atomic E-state index is 0.284. The summed E-state index contributed by atoms with van der Waals surface area (Å²) in [6, 6.07) is 0. The third kappa shape index (κ3) is 2.93. The van der Waals surface area contributed by atoms with Gasteiger partial charge in [0.05, 0.1) is 6.10 Å². The maximum atomic E-state index is 10.7. The van der Waals surface area contributed by atoms with Gasteiger partial charge in [0.2, 0.25) is 0 Å². The van der Waals surface area contributed by atoms with Gasteiger partial charge in [-0.05, 0) is 86.8 Å². The molecule has 1 aromatic rings. The maximum absolute atomic E-state index is 10.7. The van der Waals surface area contributed by atoms with Crippen molar-refractivity contribution in [2.45, 2.75) is 79.2 Å². The molecule has 0 saturated heterocycles. The fourth-order valence-electron chi connectivity index (χ4n) is 3.87. The largest absolute Gasteiger partial charge is 0.388 e. The van der Waals surface area contributed by atoms with Crippen molar-refractivity contribution in [3.05, 3.63) is 33.4 Å². The predicted molar refractivity (Wildman–Crippen MR) is 86.3 cm³/mol. The molecule has 0 bridgehead atoms. The molecule has 0 radical (unpaired) electrons. The van der Waals surface area contributed by atoms with Crippen LogP contribution in [-0.2, 0) is 0 Å². The molecule has 1 nitrogen and oxygen atoms in total. The summed E-state index contributed by atoms with van der Waals surface area (Å²) in [5.41, 5.74) is 7.87. The van der Waals surface area contributed by atoms with Crippen LogP contribution in [0, 0.1) is 40.5 Å². The summed E-state index contributed by atoms with van der Waals surface area (Å²) < 4.78 is 0. The van der Waals surface area contributed by atoms with Crippen LogP contribution in [-0.4, -0.2) is 5.11 Å². The standard InChI is InChI=1S/C19H30O/c1-12-13(2)15(4)19(16(5)14(12)3)18(20)11-10-17-8-6-7-9-17/h17-18,20H,6-11H2,1-5H3. The van der Waals surface area contributed by atoms with Gasteiger partial charge in [-0.2, -0.15) is 0 Å². The number of hydrogen-bond donors (Lipinski definition) is 1. The SMILES string of the molecule is Cc1c(C)c(C)c(C(O)CCC2CCCC2)c(C)c1C. The first-order valence-electron chi connectivity index (χ1n) is 8.18. The minimum Gasteiger partial charge on any atom is -0.388 e. The number of benzene rings is 1. The zero-order chi connectivity index (χ0) is 14.9. The van der Waals surface area contributed by atoms with Gasteiger partial charge in [0.15, 0.2) is 0 Å². The molecule has 2 rings (SSSR count). The number of rotatable bonds is 4. The Morgan fingerprint density at radius 2 is 1.30 bits per heavy atom. The van der Waals surface area contributed by atoms with Gasteiger partial charge in [-0.3, -0.25) is 0 Å². The van der Waals surface area contributed by atoms with E-state index in [0.29, 0.717) is 0 Å². The molecule has 1 saturated carbocycles. The van der Waals surface area contributed by atoms with Gasteiger partial charge >= 0.3 is 0 Å². The van der Waals surface area contributed by atoms with Gasteiger partial charge in [-0.1, -0.05) is 25.7 Å². The normalized spacial score (nSPS) is 17.7. The van der Waals surface area contributed by atoms with E-state index >= 15 is 0 Å². The van der Waals surface area contributed by atoms with Crippen molar-refractivity contribution in [3.8, 4) is 0 Å². The molecule has 0 heterocycles. The Morgan fingerprint density at radius 3 is 1.80 bits per heavy atom. The second-order valence-corrected chi connectivity index (χ2v) is 6.78. The van der Waals surface area contributed by atoms with Gasteiger partial charge in [0, 0.05) is 0 Å². The van der Waals surface area contributed by atoms with Crippen LogP contribution in [0.2, 0.25) is 0 Å². The Bertz CT molecular complexity index is 452. The molecule has 112 valence electrons. The first kappa shape index (κ1) is 15.6. The highest BCUT2D eigenvalue weighted by Gasteiger charge is 2.21. The lowest BCUT2D eigenvalue weighted by molar-refractivity contribution is 0.155. The Balaban J connectivity index is 2.18. The summed E-state index contributed by atoms with van der Waals surface area (Å²) in [6.45, 7) is 10.9. The molecule has 1 unspecified atom stereocenters. The average molecular weight is 274 g/mol. The molecule has 1 aliphatic rings. The van der Waals surface area contributed by atoms with E-state index in [0.717, 1.165) is 12.3 Å². The van der Waals surface area contributed by atoms with Crippen LogP contribution in [0.4, 0.5) is 0 Å². The molecule has 20 heavy (non-hydrogen) atoms. The predicted octanol–water partition coefficient (Wildman–Crippen LogP) is 5.23. The summed E-state index contributed by atoms with van der Waals surface area (Å²) >= 11 is 0. The van der Waals surface area contributed by atoms with Crippen LogP contribution >= 0.6 is 0 Å². The van der Waals surface area contributed by atoms with E-state index in [4.69, 9.17) is 0 Å². The van der Waals surface area contributed by atoms with Crippen LogP contribution in [0.5, 0.6) is 0 Å². The Kier molecular flexibility index (Phi) is 4.90. The van der Waals surface area contributed by atoms with Crippen LogP contribution in [0.1, 0.15) is 78.0 Å². The van der Waals surface area contributed by atoms with Crippen LogP contribution < -0.4 is 0 Å². The molecule has 0 aliphatic heterocycles. The van der Waals surface area contributed by atoms with Gasteiger partial charge in [-0.15, -0.1) is 0 Å². The molecule has 1 atom stereocenters. The molecule has 1 aliphatic carbocycles. The summed E-state index contributed by atoms with van der Waals surface area (Å²) in [5.74, 6) is 0.859. The first-order chi connectivity index (χ1) is 9.43. The number of aliphatic hydroxyl groups excluding tert-OH is 1. The van der Waals surface area contributed by atoms with Crippen molar-refractivity contribution in [1.82, 2.24) is 0 Å². The van der Waals surface area contributed by atoms with Crippen molar-refractivity contribution in [3.63, 3.8) is 0 Å². The van der Waals surface area contributed by atoms with Crippen LogP contribution in [0.25, 0.3) is 0 Å². The highest BCUT2D eigenvalue weighted by atomic mass is 16.3. The van der Waals surface area contributed by atoms with Crippen molar-refractivity contribution < 1.29 is 5.11 Å². The van der Waals surface area contributed by atoms with E-state index < -0.39 is 0 Å². The highest BCUT2D eigenvalue weighted by molar-refractivity contribution is 5.50. The minimum atomic E-state index is -0.284. The smallest absolute Gasteiger partial charge is 0.0795 e. The van der Waals surface area contributed by atoms with Crippen LogP contribution in [0.15, 0.2) is 0 Å². The van der Waals surface area contributed by atoms with Crippen molar-refractivity contribution >= 4 is 0 Å². The van der Waals surface area contributed by atoms with E-state index in [1.165, 1.54) is 65.5 Å². The molecule has 1 heteroatoms. The average Bonchev–Trinajstić information content (AvgIpc) is 2.94. The van der Waals surface area contributed by atoms with Crippen molar-refractivity contribution in [1.29, 1.82) is 0 Å². The molecule has 0 aromatic heterocycles. The Morgan fingerprint density at radius 1 is 0.850 bits per heavy atom. The van der Waals surface area contributed by atoms with Gasteiger partial charge < -0.3 is 5.11 Å². The third-order valence-electron chi connectivity index (χ3n) is 5.71. The third-order valence-corrected chi connectivity index (χ3v) is 5.71. The zero-order valence-electron chi connectivity index (χ0n) is 13.8. The highest BCUT2D eigenvalue weighted by Crippen LogP contribution is 2.35. The van der Waals surface area contributed by atoms with Crippen molar-refractivity contribution in [2.75, 3.05) is 0 Å². The van der Waals surface area contributed by atoms with Crippen LogP contribution in [0.3, 0.4) is 0 Å². The second-order valence-electron chi connectivity index (χ2n) is 6.78. The summed E-state index contributed by atoms with van der Waals surface area (Å²) in [7, 11) is 0. The van der Waals surface area contributed by atoms with Gasteiger partial charge in [0.25, 0.3) is 0 Å². The lowest BCUT2D eigenvalue weighted by Gasteiger charge is -2.23. The molecular formula is C19H30O. The molecule has 0 spiro atoms. The molecule has 1 N–H and O–H groups in total. The second kappa shape index (κ2) is 6.30. The monoisotopic (exact) mass is 274 g/mol. The Labute approximate surface area is 124 Å². The molecule has 0 amide bonds. The first-order valence-corrected chi connectivity index (χ1v) is 8.18. The summed E-state index contributed by atoms with van der Waals surface area (Å²) in [4.78, 5) is 0. The Hall–Kier alpha value is -0.820. The molecular weight excluding hydrogens is 244 g/mol. The zero-order valence-corrected chi connectivity index (χ0v) is 13.8. The van der Waals surface area contributed by atoms with E-state index in [1.807, 2.05) is 0 Å². The lowest BCUT2D eigenvalue weighted by Crippen LogP contribution is -2.09. The van der Waals surface area contributed by atoms with E-state index in [2.05, 4.69) is 34.6 Å². The summed E-state index contributed by atoms with van der Waals surface area (Å²) in [5, 5.41) is 10.7. The van der Waals surface area contributed by atoms with Gasteiger partial charge in [-0.25, -0.2) is 0 Å². The quantitative estimate of drug-likeness (QED) is 0.796. The van der Waals surface area contributed by atoms with E-state index in [-0.39, 0.29) is 6.10 Å². The topological polar surface area (TPSA) is 20.2 Å². The number of hydrogen-bond acceptors (Lipinski definition) is 1.